The van der Waals surface area contributed by atoms with Crippen LogP contribution in [0.3, 0.4) is 0 Å². The second-order valence-corrected chi connectivity index (χ2v) is 5.97. The van der Waals surface area contributed by atoms with E-state index in [1.165, 1.54) is 0 Å². The van der Waals surface area contributed by atoms with Gasteiger partial charge in [-0.25, -0.2) is 4.79 Å². The maximum atomic E-state index is 12.1. The average molecular weight is 374 g/mol. The maximum absolute atomic E-state index is 12.1. The zero-order chi connectivity index (χ0) is 18.5. The Morgan fingerprint density at radius 3 is 2.92 bits per heavy atom. The van der Waals surface area contributed by atoms with Gasteiger partial charge in [0.2, 0.25) is 5.82 Å². The summed E-state index contributed by atoms with van der Waals surface area (Å²) in [7, 11) is 0. The molecule has 0 N–H and O–H groups in total. The lowest BCUT2D eigenvalue weighted by atomic mass is 10.2. The highest BCUT2D eigenvalue weighted by Gasteiger charge is 2.19. The first kappa shape index (κ1) is 17.9. The van der Waals surface area contributed by atoms with E-state index in [9.17, 15) is 4.79 Å². The molecule has 0 fully saturated rings. The zero-order valence-electron chi connectivity index (χ0n) is 14.2. The van der Waals surface area contributed by atoms with Crippen molar-refractivity contribution in [2.24, 2.45) is 0 Å². The molecule has 0 bridgehead atoms. The standard InChI is InChI=1S/C18H16ClN3O4/c1-11-8-14(19)5-6-15(11)25-12(2)18(23)24-10-16-21-17(22-26-16)13-4-3-7-20-9-13/h3-9,12H,10H2,1-2H3. The second-order valence-electron chi connectivity index (χ2n) is 5.53. The predicted molar refractivity (Wildman–Crippen MR) is 93.6 cm³/mol. The smallest absolute Gasteiger partial charge is 0.347 e. The predicted octanol–water partition coefficient (Wildman–Crippen LogP) is 3.60. The van der Waals surface area contributed by atoms with E-state index in [4.69, 9.17) is 25.6 Å². The minimum atomic E-state index is -0.796. The summed E-state index contributed by atoms with van der Waals surface area (Å²) in [5, 5.41) is 4.44. The van der Waals surface area contributed by atoms with Crippen LogP contribution in [0.4, 0.5) is 0 Å². The molecule has 0 amide bonds. The molecular formula is C18H16ClN3O4. The average Bonchev–Trinajstić information content (AvgIpc) is 3.11. The van der Waals surface area contributed by atoms with Crippen LogP contribution < -0.4 is 4.74 Å². The summed E-state index contributed by atoms with van der Waals surface area (Å²) >= 11 is 5.91. The zero-order valence-corrected chi connectivity index (χ0v) is 14.9. The highest BCUT2D eigenvalue weighted by Crippen LogP contribution is 2.23. The fourth-order valence-corrected chi connectivity index (χ4v) is 2.39. The van der Waals surface area contributed by atoms with Crippen molar-refractivity contribution in [3.05, 3.63) is 59.2 Å². The number of nitrogens with zero attached hydrogens (tertiary/aromatic N) is 3. The molecule has 7 nitrogen and oxygen atoms in total. The van der Waals surface area contributed by atoms with Gasteiger partial charge in [-0.15, -0.1) is 0 Å². The van der Waals surface area contributed by atoms with Gasteiger partial charge in [-0.1, -0.05) is 16.8 Å². The molecule has 0 aliphatic heterocycles. The van der Waals surface area contributed by atoms with Crippen molar-refractivity contribution in [1.82, 2.24) is 15.1 Å². The van der Waals surface area contributed by atoms with Crippen LogP contribution in [0.1, 0.15) is 18.4 Å². The van der Waals surface area contributed by atoms with Crippen molar-refractivity contribution in [2.45, 2.75) is 26.6 Å². The highest BCUT2D eigenvalue weighted by molar-refractivity contribution is 6.30. The minimum Gasteiger partial charge on any atom is -0.479 e. The number of carbonyl (C=O) groups is 1. The summed E-state index contributed by atoms with van der Waals surface area (Å²) in [6.45, 7) is 3.31. The number of pyridine rings is 1. The van der Waals surface area contributed by atoms with E-state index in [1.807, 2.05) is 6.92 Å². The number of aryl methyl sites for hydroxylation is 1. The second kappa shape index (κ2) is 7.97. The molecule has 0 saturated carbocycles. The Kier molecular flexibility index (Phi) is 5.48. The van der Waals surface area contributed by atoms with Crippen molar-refractivity contribution in [3.8, 4) is 17.1 Å². The van der Waals surface area contributed by atoms with Crippen molar-refractivity contribution in [3.63, 3.8) is 0 Å². The SMILES string of the molecule is Cc1cc(Cl)ccc1OC(C)C(=O)OCc1nc(-c2cccnc2)no1. The summed E-state index contributed by atoms with van der Waals surface area (Å²) in [5.74, 6) is 0.591. The van der Waals surface area contributed by atoms with Gasteiger partial charge in [-0.2, -0.15) is 4.98 Å². The molecule has 3 aromatic rings. The topological polar surface area (TPSA) is 87.3 Å². The highest BCUT2D eigenvalue weighted by atomic mass is 35.5. The van der Waals surface area contributed by atoms with E-state index < -0.39 is 12.1 Å². The molecule has 2 heterocycles. The van der Waals surface area contributed by atoms with E-state index in [0.717, 1.165) is 5.56 Å². The van der Waals surface area contributed by atoms with Gasteiger partial charge in [0.25, 0.3) is 5.89 Å². The van der Waals surface area contributed by atoms with E-state index in [0.29, 0.717) is 22.2 Å². The Morgan fingerprint density at radius 1 is 1.35 bits per heavy atom. The molecule has 26 heavy (non-hydrogen) atoms. The molecule has 2 aromatic heterocycles. The number of hydrogen-bond acceptors (Lipinski definition) is 7. The van der Waals surface area contributed by atoms with Crippen LogP contribution in [0.15, 0.2) is 47.2 Å². The molecule has 0 aliphatic rings. The third-order valence-electron chi connectivity index (χ3n) is 3.50. The Hall–Kier alpha value is -2.93. The van der Waals surface area contributed by atoms with Crippen LogP contribution in [0, 0.1) is 6.92 Å². The van der Waals surface area contributed by atoms with E-state index in [2.05, 4.69) is 15.1 Å². The molecule has 134 valence electrons. The van der Waals surface area contributed by atoms with Gasteiger partial charge in [0.05, 0.1) is 0 Å². The summed E-state index contributed by atoms with van der Waals surface area (Å²) in [5.41, 5.74) is 1.54. The lowest BCUT2D eigenvalue weighted by molar-refractivity contribution is -0.153. The monoisotopic (exact) mass is 373 g/mol. The molecular weight excluding hydrogens is 358 g/mol. The molecule has 3 rings (SSSR count). The fraction of sp³-hybridized carbons (Fsp3) is 0.222. The van der Waals surface area contributed by atoms with E-state index in [-0.39, 0.29) is 12.5 Å². The van der Waals surface area contributed by atoms with Gasteiger partial charge in [-0.05, 0) is 49.7 Å². The van der Waals surface area contributed by atoms with Crippen molar-refractivity contribution in [2.75, 3.05) is 0 Å². The third kappa shape index (κ3) is 4.37. The summed E-state index contributed by atoms with van der Waals surface area (Å²) < 4.78 is 15.9. The number of benzene rings is 1. The number of hydrogen-bond donors (Lipinski definition) is 0. The number of ether oxygens (including phenoxy) is 2. The van der Waals surface area contributed by atoms with Gasteiger partial charge in [0.15, 0.2) is 12.7 Å². The molecule has 0 saturated heterocycles. The number of carbonyl (C=O) groups excluding carboxylic acids is 1. The van der Waals surface area contributed by atoms with Crippen LogP contribution >= 0.6 is 11.6 Å². The molecule has 1 atom stereocenters. The maximum Gasteiger partial charge on any atom is 0.347 e. The van der Waals surface area contributed by atoms with E-state index in [1.54, 1.807) is 49.6 Å². The number of halogens is 1. The Labute approximate surface area is 154 Å². The third-order valence-corrected chi connectivity index (χ3v) is 3.73. The van der Waals surface area contributed by atoms with Gasteiger partial charge in [0.1, 0.15) is 5.75 Å². The first-order chi connectivity index (χ1) is 12.5. The first-order valence-corrected chi connectivity index (χ1v) is 8.23. The summed E-state index contributed by atoms with van der Waals surface area (Å²) in [4.78, 5) is 20.3. The number of aromatic nitrogens is 3. The fourth-order valence-electron chi connectivity index (χ4n) is 2.16. The lowest BCUT2D eigenvalue weighted by Crippen LogP contribution is -2.26. The largest absolute Gasteiger partial charge is 0.479 e. The quantitative estimate of drug-likeness (QED) is 0.610. The summed E-state index contributed by atoms with van der Waals surface area (Å²) in [6, 6.07) is 8.73. The molecule has 0 radical (unpaired) electrons. The Bertz CT molecular complexity index is 898. The van der Waals surface area contributed by atoms with Crippen molar-refractivity contribution >= 4 is 17.6 Å². The molecule has 1 unspecified atom stereocenters. The molecule has 0 spiro atoms. The van der Waals surface area contributed by atoms with Crippen LogP contribution in [-0.2, 0) is 16.1 Å². The van der Waals surface area contributed by atoms with Gasteiger partial charge in [-0.3, -0.25) is 4.98 Å². The van der Waals surface area contributed by atoms with E-state index >= 15 is 0 Å². The Balaban J connectivity index is 1.56. The van der Waals surface area contributed by atoms with Crippen molar-refractivity contribution in [1.29, 1.82) is 0 Å². The van der Waals surface area contributed by atoms with Crippen LogP contribution in [0.25, 0.3) is 11.4 Å². The van der Waals surface area contributed by atoms with Gasteiger partial charge < -0.3 is 14.0 Å². The molecule has 1 aromatic carbocycles. The van der Waals surface area contributed by atoms with Crippen LogP contribution in [0.2, 0.25) is 5.02 Å². The minimum absolute atomic E-state index is 0.139. The first-order valence-electron chi connectivity index (χ1n) is 7.85. The lowest BCUT2D eigenvalue weighted by Gasteiger charge is -2.15. The number of rotatable bonds is 6. The summed E-state index contributed by atoms with van der Waals surface area (Å²) in [6.07, 6.45) is 2.47. The number of esters is 1. The Morgan fingerprint density at radius 2 is 2.19 bits per heavy atom. The van der Waals surface area contributed by atoms with Gasteiger partial charge >= 0.3 is 5.97 Å². The molecule has 8 heteroatoms. The van der Waals surface area contributed by atoms with Crippen LogP contribution in [-0.4, -0.2) is 27.2 Å². The molecule has 0 aliphatic carbocycles. The van der Waals surface area contributed by atoms with Crippen molar-refractivity contribution < 1.29 is 18.8 Å². The van der Waals surface area contributed by atoms with Gasteiger partial charge in [0, 0.05) is 23.0 Å². The normalized spacial score (nSPS) is 11.8. The van der Waals surface area contributed by atoms with Crippen LogP contribution in [0.5, 0.6) is 5.75 Å².